The summed E-state index contributed by atoms with van der Waals surface area (Å²) >= 11 is 0. The fourth-order valence-corrected chi connectivity index (χ4v) is 2.25. The third kappa shape index (κ3) is 2.69. The fraction of sp³-hybridized carbons (Fsp3) is 0.357. The Morgan fingerprint density at radius 1 is 0.905 bits per heavy atom. The minimum atomic E-state index is -4.71. The molecule has 0 N–H and O–H groups in total. The van der Waals surface area contributed by atoms with Crippen LogP contribution in [0.25, 0.3) is 10.9 Å². The molecule has 0 amide bonds. The maximum atomic E-state index is 13.1. The second kappa shape index (κ2) is 4.35. The monoisotopic (exact) mass is 305 g/mol. The second-order valence-corrected chi connectivity index (χ2v) is 5.10. The standard InChI is InChI=1S/C14H9F6N/c15-13(16,17)8-3-4-11-9(5-8)10(14(18,19)20)6-12(21-11)7-1-2-7/h3-7H,1-2H2. The van der Waals surface area contributed by atoms with Gasteiger partial charge in [-0.25, -0.2) is 0 Å². The lowest BCUT2D eigenvalue weighted by Crippen LogP contribution is -2.10. The SMILES string of the molecule is FC(F)(F)c1ccc2nc(C3CC3)cc(C(F)(F)F)c2c1. The van der Waals surface area contributed by atoms with Crippen molar-refractivity contribution in [1.82, 2.24) is 4.98 Å². The lowest BCUT2D eigenvalue weighted by molar-refractivity contribution is -0.139. The number of alkyl halides is 6. The van der Waals surface area contributed by atoms with Gasteiger partial charge in [-0.2, -0.15) is 26.3 Å². The predicted octanol–water partition coefficient (Wildman–Crippen LogP) is 5.15. The Kier molecular flexibility index (Phi) is 2.93. The van der Waals surface area contributed by atoms with Crippen LogP contribution in [-0.2, 0) is 12.4 Å². The molecular weight excluding hydrogens is 296 g/mol. The molecule has 1 aromatic carbocycles. The van der Waals surface area contributed by atoms with Crippen LogP contribution in [0.15, 0.2) is 24.3 Å². The topological polar surface area (TPSA) is 12.9 Å². The molecule has 1 nitrogen and oxygen atoms in total. The Bertz CT molecular complexity index is 697. The number of fused-ring (bicyclic) bond motifs is 1. The van der Waals surface area contributed by atoms with Crippen molar-refractivity contribution in [2.45, 2.75) is 31.1 Å². The van der Waals surface area contributed by atoms with E-state index in [0.29, 0.717) is 11.8 Å². The van der Waals surface area contributed by atoms with Gasteiger partial charge in [0.05, 0.1) is 16.6 Å². The Labute approximate surface area is 115 Å². The van der Waals surface area contributed by atoms with Crippen molar-refractivity contribution in [2.24, 2.45) is 0 Å². The zero-order valence-electron chi connectivity index (χ0n) is 10.5. The minimum absolute atomic E-state index is 0.0159. The summed E-state index contributed by atoms with van der Waals surface area (Å²) in [5, 5.41) is -0.512. The van der Waals surface area contributed by atoms with Crippen molar-refractivity contribution in [3.63, 3.8) is 0 Å². The molecule has 1 aromatic heterocycles. The molecule has 0 saturated heterocycles. The van der Waals surface area contributed by atoms with Gasteiger partial charge in [-0.3, -0.25) is 4.98 Å². The van der Waals surface area contributed by atoms with E-state index < -0.39 is 28.9 Å². The molecule has 0 radical (unpaired) electrons. The van der Waals surface area contributed by atoms with Crippen LogP contribution in [0.2, 0.25) is 0 Å². The highest BCUT2D eigenvalue weighted by molar-refractivity contribution is 5.84. The molecule has 1 fully saturated rings. The van der Waals surface area contributed by atoms with Crippen LogP contribution in [0.5, 0.6) is 0 Å². The maximum Gasteiger partial charge on any atom is 0.417 e. The van der Waals surface area contributed by atoms with Gasteiger partial charge in [0, 0.05) is 17.0 Å². The number of hydrogen-bond acceptors (Lipinski definition) is 1. The van der Waals surface area contributed by atoms with E-state index in [4.69, 9.17) is 0 Å². The Balaban J connectivity index is 2.27. The maximum absolute atomic E-state index is 13.1. The molecule has 112 valence electrons. The molecule has 21 heavy (non-hydrogen) atoms. The minimum Gasteiger partial charge on any atom is -0.253 e. The van der Waals surface area contributed by atoms with Crippen LogP contribution in [0.4, 0.5) is 26.3 Å². The zero-order valence-corrected chi connectivity index (χ0v) is 10.5. The molecule has 1 aliphatic rings. The van der Waals surface area contributed by atoms with E-state index in [9.17, 15) is 26.3 Å². The molecule has 0 bridgehead atoms. The van der Waals surface area contributed by atoms with Gasteiger partial charge in [0.2, 0.25) is 0 Å². The smallest absolute Gasteiger partial charge is 0.253 e. The second-order valence-electron chi connectivity index (χ2n) is 5.10. The highest BCUT2D eigenvalue weighted by atomic mass is 19.4. The van der Waals surface area contributed by atoms with Gasteiger partial charge in [0.25, 0.3) is 0 Å². The number of aromatic nitrogens is 1. The highest BCUT2D eigenvalue weighted by Gasteiger charge is 2.37. The van der Waals surface area contributed by atoms with Crippen molar-refractivity contribution in [3.8, 4) is 0 Å². The normalized spacial score (nSPS) is 16.5. The van der Waals surface area contributed by atoms with E-state index in [0.717, 1.165) is 31.0 Å². The van der Waals surface area contributed by atoms with Crippen molar-refractivity contribution in [3.05, 3.63) is 41.1 Å². The quantitative estimate of drug-likeness (QED) is 0.664. The van der Waals surface area contributed by atoms with E-state index in [-0.39, 0.29) is 11.4 Å². The molecule has 1 heterocycles. The molecule has 1 saturated carbocycles. The number of hydrogen-bond donors (Lipinski definition) is 0. The van der Waals surface area contributed by atoms with Gasteiger partial charge < -0.3 is 0 Å². The summed E-state index contributed by atoms with van der Waals surface area (Å²) in [6.45, 7) is 0. The molecule has 7 heteroatoms. The van der Waals surface area contributed by atoms with Crippen LogP contribution in [0, 0.1) is 0 Å². The molecule has 3 rings (SSSR count). The first-order chi connectivity index (χ1) is 9.66. The summed E-state index contributed by atoms with van der Waals surface area (Å²) in [6, 6.07) is 3.15. The summed E-state index contributed by atoms with van der Waals surface area (Å²) in [7, 11) is 0. The molecule has 0 atom stereocenters. The zero-order chi connectivity index (χ0) is 15.4. The summed E-state index contributed by atoms with van der Waals surface area (Å²) in [6.07, 6.45) is -7.88. The highest BCUT2D eigenvalue weighted by Crippen LogP contribution is 2.43. The number of halogens is 6. The van der Waals surface area contributed by atoms with Crippen LogP contribution in [0.1, 0.15) is 35.6 Å². The molecule has 1 aliphatic carbocycles. The van der Waals surface area contributed by atoms with E-state index in [1.807, 2.05) is 0 Å². The van der Waals surface area contributed by atoms with Crippen LogP contribution in [-0.4, -0.2) is 4.98 Å². The number of rotatable bonds is 1. The van der Waals surface area contributed by atoms with Crippen LogP contribution >= 0.6 is 0 Å². The Morgan fingerprint density at radius 3 is 2.10 bits per heavy atom. The van der Waals surface area contributed by atoms with E-state index >= 15 is 0 Å². The van der Waals surface area contributed by atoms with Crippen molar-refractivity contribution < 1.29 is 26.3 Å². The number of nitrogens with zero attached hydrogens (tertiary/aromatic N) is 1. The summed E-state index contributed by atoms with van der Waals surface area (Å²) < 4.78 is 77.3. The van der Waals surface area contributed by atoms with E-state index in [1.165, 1.54) is 0 Å². The van der Waals surface area contributed by atoms with Gasteiger partial charge in [-0.15, -0.1) is 0 Å². The van der Waals surface area contributed by atoms with Gasteiger partial charge in [0.15, 0.2) is 0 Å². The average molecular weight is 305 g/mol. The van der Waals surface area contributed by atoms with Crippen molar-refractivity contribution in [1.29, 1.82) is 0 Å². The average Bonchev–Trinajstić information content (AvgIpc) is 3.18. The first kappa shape index (κ1) is 14.2. The first-order valence-electron chi connectivity index (χ1n) is 6.25. The summed E-state index contributed by atoms with van der Waals surface area (Å²) in [5.41, 5.74) is -1.92. The van der Waals surface area contributed by atoms with Gasteiger partial charge in [-0.1, -0.05) is 0 Å². The lowest BCUT2D eigenvalue weighted by Gasteiger charge is -2.14. The number of pyridine rings is 1. The first-order valence-corrected chi connectivity index (χ1v) is 6.25. The third-order valence-electron chi connectivity index (χ3n) is 3.46. The van der Waals surface area contributed by atoms with E-state index in [2.05, 4.69) is 4.98 Å². The van der Waals surface area contributed by atoms with Gasteiger partial charge >= 0.3 is 12.4 Å². The molecular formula is C14H9F6N. The molecule has 0 aliphatic heterocycles. The molecule has 0 spiro atoms. The fourth-order valence-electron chi connectivity index (χ4n) is 2.25. The summed E-state index contributed by atoms with van der Waals surface area (Å²) in [4.78, 5) is 4.07. The largest absolute Gasteiger partial charge is 0.417 e. The van der Waals surface area contributed by atoms with Crippen LogP contribution < -0.4 is 0 Å². The van der Waals surface area contributed by atoms with Crippen LogP contribution in [0.3, 0.4) is 0 Å². The molecule has 2 aromatic rings. The van der Waals surface area contributed by atoms with Crippen molar-refractivity contribution in [2.75, 3.05) is 0 Å². The number of benzene rings is 1. The predicted molar refractivity (Wildman–Crippen MR) is 63.7 cm³/mol. The van der Waals surface area contributed by atoms with Crippen molar-refractivity contribution >= 4 is 10.9 Å². The Morgan fingerprint density at radius 2 is 1.57 bits per heavy atom. The third-order valence-corrected chi connectivity index (χ3v) is 3.46. The van der Waals surface area contributed by atoms with Gasteiger partial charge in [-0.05, 0) is 37.1 Å². The van der Waals surface area contributed by atoms with Gasteiger partial charge in [0.1, 0.15) is 0 Å². The van der Waals surface area contributed by atoms with E-state index in [1.54, 1.807) is 0 Å². The molecule has 0 unspecified atom stereocenters. The Hall–Kier alpha value is -1.79. The summed E-state index contributed by atoms with van der Waals surface area (Å²) in [5.74, 6) is -0.0159. The lowest BCUT2D eigenvalue weighted by atomic mass is 10.0.